The third-order valence-electron chi connectivity index (χ3n) is 5.17. The minimum absolute atomic E-state index is 0.00169. The molecule has 1 amide bonds. The standard InChI is InChI=1S/C20H27NO4S/c1-2-20(22)21(14-17-10-11-26(23,24)15-17)13-16-6-5-9-19(12-16)25-18-7-3-4-8-18/h2,5-6,9,12,17-18H,1,3-4,7-8,10-11,13-15H2. The lowest BCUT2D eigenvalue weighted by Crippen LogP contribution is -2.34. The summed E-state index contributed by atoms with van der Waals surface area (Å²) in [6.45, 7) is 4.45. The summed E-state index contributed by atoms with van der Waals surface area (Å²) < 4.78 is 29.4. The number of sulfone groups is 1. The number of amides is 1. The first-order valence-electron chi connectivity index (χ1n) is 9.32. The van der Waals surface area contributed by atoms with Gasteiger partial charge in [0.25, 0.3) is 0 Å². The second-order valence-electron chi connectivity index (χ2n) is 7.36. The van der Waals surface area contributed by atoms with E-state index in [2.05, 4.69) is 6.58 Å². The molecule has 6 heteroatoms. The molecule has 2 aliphatic rings. The number of nitrogens with zero attached hydrogens (tertiary/aromatic N) is 1. The summed E-state index contributed by atoms with van der Waals surface area (Å²) in [5.41, 5.74) is 0.983. The van der Waals surface area contributed by atoms with Crippen LogP contribution in [-0.2, 0) is 21.2 Å². The fourth-order valence-corrected chi connectivity index (χ4v) is 5.67. The van der Waals surface area contributed by atoms with Gasteiger partial charge in [-0.3, -0.25) is 4.79 Å². The summed E-state index contributed by atoms with van der Waals surface area (Å²) in [7, 11) is -2.95. The zero-order chi connectivity index (χ0) is 18.6. The van der Waals surface area contributed by atoms with Gasteiger partial charge in [0.2, 0.25) is 5.91 Å². The van der Waals surface area contributed by atoms with E-state index < -0.39 is 9.84 Å². The van der Waals surface area contributed by atoms with Gasteiger partial charge >= 0.3 is 0 Å². The summed E-state index contributed by atoms with van der Waals surface area (Å²) in [6, 6.07) is 7.84. The summed E-state index contributed by atoms with van der Waals surface area (Å²) in [4.78, 5) is 13.9. The van der Waals surface area contributed by atoms with Crippen LogP contribution >= 0.6 is 0 Å². The van der Waals surface area contributed by atoms with Gasteiger partial charge in [0.1, 0.15) is 5.75 Å². The molecule has 1 atom stereocenters. The Kier molecular flexibility index (Phi) is 6.01. The van der Waals surface area contributed by atoms with Crippen LogP contribution in [0.1, 0.15) is 37.7 Å². The van der Waals surface area contributed by atoms with Crippen molar-refractivity contribution in [2.75, 3.05) is 18.1 Å². The molecule has 1 heterocycles. The molecule has 0 N–H and O–H groups in total. The Bertz CT molecular complexity index is 753. The number of carbonyl (C=O) groups excluding carboxylic acids is 1. The third kappa shape index (κ3) is 5.10. The number of carbonyl (C=O) groups is 1. The summed E-state index contributed by atoms with van der Waals surface area (Å²) >= 11 is 0. The average Bonchev–Trinajstić information content (AvgIpc) is 3.23. The van der Waals surface area contributed by atoms with Crippen LogP contribution in [0.4, 0.5) is 0 Å². The Morgan fingerprint density at radius 2 is 2.04 bits per heavy atom. The zero-order valence-electron chi connectivity index (χ0n) is 15.1. The van der Waals surface area contributed by atoms with Crippen molar-refractivity contribution in [3.05, 3.63) is 42.5 Å². The predicted molar refractivity (Wildman–Crippen MR) is 102 cm³/mol. The highest BCUT2D eigenvalue weighted by atomic mass is 32.2. The number of hydrogen-bond acceptors (Lipinski definition) is 4. The molecule has 26 heavy (non-hydrogen) atoms. The van der Waals surface area contributed by atoms with Crippen molar-refractivity contribution in [2.45, 2.75) is 44.8 Å². The van der Waals surface area contributed by atoms with Crippen LogP contribution in [0.2, 0.25) is 0 Å². The highest BCUT2D eigenvalue weighted by Crippen LogP contribution is 2.25. The maximum Gasteiger partial charge on any atom is 0.246 e. The van der Waals surface area contributed by atoms with Crippen LogP contribution in [0, 0.1) is 5.92 Å². The van der Waals surface area contributed by atoms with E-state index in [1.165, 1.54) is 18.9 Å². The van der Waals surface area contributed by atoms with Gasteiger partial charge in [-0.15, -0.1) is 0 Å². The van der Waals surface area contributed by atoms with E-state index in [0.29, 0.717) is 25.6 Å². The fraction of sp³-hybridized carbons (Fsp3) is 0.550. The first-order chi connectivity index (χ1) is 12.4. The van der Waals surface area contributed by atoms with E-state index in [0.717, 1.165) is 24.2 Å². The number of benzene rings is 1. The van der Waals surface area contributed by atoms with Crippen LogP contribution in [0.25, 0.3) is 0 Å². The molecule has 1 aliphatic heterocycles. The van der Waals surface area contributed by atoms with E-state index in [9.17, 15) is 13.2 Å². The lowest BCUT2D eigenvalue weighted by molar-refractivity contribution is -0.127. The minimum Gasteiger partial charge on any atom is -0.490 e. The number of ether oxygens (including phenoxy) is 1. The fourth-order valence-electron chi connectivity index (χ4n) is 3.83. The Morgan fingerprint density at radius 1 is 1.27 bits per heavy atom. The van der Waals surface area contributed by atoms with Crippen molar-refractivity contribution in [1.82, 2.24) is 4.90 Å². The van der Waals surface area contributed by atoms with E-state index in [4.69, 9.17) is 4.74 Å². The lowest BCUT2D eigenvalue weighted by Gasteiger charge is -2.24. The van der Waals surface area contributed by atoms with Gasteiger partial charge in [0.05, 0.1) is 17.6 Å². The van der Waals surface area contributed by atoms with E-state index in [1.807, 2.05) is 24.3 Å². The van der Waals surface area contributed by atoms with Crippen LogP contribution in [0.15, 0.2) is 36.9 Å². The van der Waals surface area contributed by atoms with Crippen molar-refractivity contribution >= 4 is 15.7 Å². The maximum atomic E-state index is 12.3. The quantitative estimate of drug-likeness (QED) is 0.686. The molecule has 142 valence electrons. The topological polar surface area (TPSA) is 63.7 Å². The highest BCUT2D eigenvalue weighted by molar-refractivity contribution is 7.91. The van der Waals surface area contributed by atoms with Gasteiger partial charge < -0.3 is 9.64 Å². The van der Waals surface area contributed by atoms with Crippen molar-refractivity contribution in [2.24, 2.45) is 5.92 Å². The molecule has 0 aromatic heterocycles. The Hall–Kier alpha value is -1.82. The van der Waals surface area contributed by atoms with Gasteiger partial charge in [-0.2, -0.15) is 0 Å². The van der Waals surface area contributed by atoms with E-state index >= 15 is 0 Å². The van der Waals surface area contributed by atoms with Crippen molar-refractivity contribution in [3.8, 4) is 5.75 Å². The SMILES string of the molecule is C=CC(=O)N(Cc1cccc(OC2CCCC2)c1)CC1CCS(=O)(=O)C1. The van der Waals surface area contributed by atoms with Crippen molar-refractivity contribution in [1.29, 1.82) is 0 Å². The van der Waals surface area contributed by atoms with Gasteiger partial charge in [-0.1, -0.05) is 18.7 Å². The Morgan fingerprint density at radius 3 is 2.69 bits per heavy atom. The van der Waals surface area contributed by atoms with Crippen LogP contribution in [-0.4, -0.2) is 43.4 Å². The second-order valence-corrected chi connectivity index (χ2v) is 9.59. The second kappa shape index (κ2) is 8.25. The zero-order valence-corrected chi connectivity index (χ0v) is 15.9. The van der Waals surface area contributed by atoms with E-state index in [1.54, 1.807) is 4.90 Å². The molecule has 1 aliphatic carbocycles. The van der Waals surface area contributed by atoms with Crippen LogP contribution < -0.4 is 4.74 Å². The van der Waals surface area contributed by atoms with Crippen LogP contribution in [0.3, 0.4) is 0 Å². The number of rotatable bonds is 7. The maximum absolute atomic E-state index is 12.3. The number of hydrogen-bond donors (Lipinski definition) is 0. The van der Waals surface area contributed by atoms with Crippen molar-refractivity contribution in [3.63, 3.8) is 0 Å². The highest BCUT2D eigenvalue weighted by Gasteiger charge is 2.30. The van der Waals surface area contributed by atoms with Crippen LogP contribution in [0.5, 0.6) is 5.75 Å². The monoisotopic (exact) mass is 377 g/mol. The molecule has 1 aromatic carbocycles. The van der Waals surface area contributed by atoms with Gasteiger partial charge in [0, 0.05) is 13.1 Å². The molecule has 0 radical (unpaired) electrons. The predicted octanol–water partition coefficient (Wildman–Crippen LogP) is 2.96. The largest absolute Gasteiger partial charge is 0.490 e. The molecule has 1 saturated carbocycles. The first kappa shape index (κ1) is 19.0. The smallest absolute Gasteiger partial charge is 0.246 e. The lowest BCUT2D eigenvalue weighted by atomic mass is 10.1. The van der Waals surface area contributed by atoms with Gasteiger partial charge in [-0.05, 0) is 61.8 Å². The molecule has 5 nitrogen and oxygen atoms in total. The summed E-state index contributed by atoms with van der Waals surface area (Å²) in [5, 5.41) is 0. The average molecular weight is 378 g/mol. The molecule has 3 rings (SSSR count). The normalized spacial score (nSPS) is 22.2. The third-order valence-corrected chi connectivity index (χ3v) is 7.01. The van der Waals surface area contributed by atoms with Crippen molar-refractivity contribution < 1.29 is 17.9 Å². The molecule has 1 saturated heterocycles. The molecule has 0 spiro atoms. The van der Waals surface area contributed by atoms with Gasteiger partial charge in [-0.25, -0.2) is 8.42 Å². The Balaban J connectivity index is 1.66. The molecule has 2 fully saturated rings. The molecule has 1 aromatic rings. The molecule has 1 unspecified atom stereocenters. The summed E-state index contributed by atoms with van der Waals surface area (Å²) in [5.74, 6) is 1.05. The van der Waals surface area contributed by atoms with E-state index in [-0.39, 0.29) is 23.3 Å². The molecule has 0 bridgehead atoms. The first-order valence-corrected chi connectivity index (χ1v) is 11.1. The summed E-state index contributed by atoms with van der Waals surface area (Å²) in [6.07, 6.45) is 6.84. The minimum atomic E-state index is -2.95. The molecular weight excluding hydrogens is 350 g/mol. The molecular formula is C20H27NO4S. The van der Waals surface area contributed by atoms with Gasteiger partial charge in [0.15, 0.2) is 9.84 Å². The Labute approximate surface area is 155 Å².